The molecule has 0 saturated carbocycles. The lowest BCUT2D eigenvalue weighted by molar-refractivity contribution is -0.157. The van der Waals surface area contributed by atoms with Crippen LogP contribution in [0.3, 0.4) is 0 Å². The Balaban J connectivity index is 2.76. The summed E-state index contributed by atoms with van der Waals surface area (Å²) in [6, 6.07) is 18.9. The number of carbonyl (C=O) groups is 2. The Morgan fingerprint density at radius 2 is 1.28 bits per heavy atom. The standard InChI is InChI=1S/C24H31NO4/c1-7-28-20(26)23(5,6)24(18-14-10-8-11-15-18,19-16-12-9-13-17-19)25-21(27)29-22(2,3)4/h8-17H,7H2,1-6H3,(H,25,27). The van der Waals surface area contributed by atoms with Crippen LogP contribution in [0.25, 0.3) is 0 Å². The molecular formula is C24H31NO4. The van der Waals surface area contributed by atoms with Crippen molar-refractivity contribution in [2.24, 2.45) is 5.41 Å². The lowest BCUT2D eigenvalue weighted by Gasteiger charge is -2.46. The molecule has 1 amide bonds. The maximum absolute atomic E-state index is 13.1. The predicted molar refractivity (Wildman–Crippen MR) is 113 cm³/mol. The smallest absolute Gasteiger partial charge is 0.408 e. The van der Waals surface area contributed by atoms with Crippen LogP contribution in [0, 0.1) is 5.41 Å². The second-order valence-electron chi connectivity index (χ2n) is 8.45. The third-order valence-corrected chi connectivity index (χ3v) is 4.83. The molecule has 5 nitrogen and oxygen atoms in total. The molecule has 0 aliphatic rings. The van der Waals surface area contributed by atoms with Crippen LogP contribution in [0.4, 0.5) is 4.79 Å². The summed E-state index contributed by atoms with van der Waals surface area (Å²) in [5.41, 5.74) is -1.51. The number of hydrogen-bond acceptors (Lipinski definition) is 4. The zero-order valence-corrected chi connectivity index (χ0v) is 18.1. The van der Waals surface area contributed by atoms with Gasteiger partial charge in [-0.15, -0.1) is 0 Å². The van der Waals surface area contributed by atoms with Gasteiger partial charge in [0.2, 0.25) is 0 Å². The van der Waals surface area contributed by atoms with Crippen LogP contribution in [0.2, 0.25) is 0 Å². The lowest BCUT2D eigenvalue weighted by atomic mass is 9.64. The highest BCUT2D eigenvalue weighted by molar-refractivity contribution is 5.82. The van der Waals surface area contributed by atoms with Gasteiger partial charge in [-0.05, 0) is 52.7 Å². The number of esters is 1. The first-order valence-electron chi connectivity index (χ1n) is 9.84. The molecule has 0 spiro atoms. The van der Waals surface area contributed by atoms with E-state index in [1.807, 2.05) is 60.7 Å². The van der Waals surface area contributed by atoms with Gasteiger partial charge in [-0.1, -0.05) is 60.7 Å². The maximum Gasteiger partial charge on any atom is 0.408 e. The molecule has 0 aliphatic heterocycles. The Labute approximate surface area is 173 Å². The van der Waals surface area contributed by atoms with E-state index in [4.69, 9.17) is 9.47 Å². The number of benzene rings is 2. The zero-order chi connectivity index (χ0) is 21.7. The molecule has 0 heterocycles. The Hall–Kier alpha value is -2.82. The summed E-state index contributed by atoms with van der Waals surface area (Å²) >= 11 is 0. The average molecular weight is 398 g/mol. The predicted octanol–water partition coefficient (Wildman–Crippen LogP) is 5.04. The van der Waals surface area contributed by atoms with Crippen molar-refractivity contribution in [3.8, 4) is 0 Å². The van der Waals surface area contributed by atoms with Gasteiger partial charge in [0.05, 0.1) is 12.0 Å². The summed E-state index contributed by atoms with van der Waals surface area (Å²) in [4.78, 5) is 26.1. The highest BCUT2D eigenvalue weighted by Gasteiger charge is 2.55. The summed E-state index contributed by atoms with van der Waals surface area (Å²) < 4.78 is 11.0. The minimum absolute atomic E-state index is 0.244. The molecule has 2 aromatic rings. The fraction of sp³-hybridized carbons (Fsp3) is 0.417. The van der Waals surface area contributed by atoms with E-state index in [2.05, 4.69) is 5.32 Å². The quantitative estimate of drug-likeness (QED) is 0.693. The van der Waals surface area contributed by atoms with Crippen molar-refractivity contribution in [2.75, 3.05) is 6.61 Å². The molecule has 0 aromatic heterocycles. The summed E-state index contributed by atoms with van der Waals surface area (Å²) in [5, 5.41) is 3.04. The van der Waals surface area contributed by atoms with Crippen molar-refractivity contribution in [2.45, 2.75) is 52.7 Å². The van der Waals surface area contributed by atoms with E-state index in [0.29, 0.717) is 0 Å². The summed E-state index contributed by atoms with van der Waals surface area (Å²) in [7, 11) is 0. The largest absolute Gasteiger partial charge is 0.465 e. The minimum atomic E-state index is -1.20. The molecular weight excluding hydrogens is 366 g/mol. The Morgan fingerprint density at radius 1 is 0.828 bits per heavy atom. The Bertz CT molecular complexity index is 783. The van der Waals surface area contributed by atoms with Crippen LogP contribution in [0.15, 0.2) is 60.7 Å². The molecule has 2 rings (SSSR count). The topological polar surface area (TPSA) is 64.6 Å². The van der Waals surface area contributed by atoms with Crippen LogP contribution in [0.5, 0.6) is 0 Å². The van der Waals surface area contributed by atoms with E-state index in [-0.39, 0.29) is 6.61 Å². The van der Waals surface area contributed by atoms with E-state index >= 15 is 0 Å². The van der Waals surface area contributed by atoms with E-state index in [1.165, 1.54) is 0 Å². The monoisotopic (exact) mass is 397 g/mol. The average Bonchev–Trinajstić information content (AvgIpc) is 2.66. The molecule has 0 bridgehead atoms. The molecule has 0 atom stereocenters. The highest BCUT2D eigenvalue weighted by Crippen LogP contribution is 2.46. The van der Waals surface area contributed by atoms with Crippen LogP contribution in [-0.4, -0.2) is 24.3 Å². The maximum atomic E-state index is 13.1. The first kappa shape index (κ1) is 22.5. The summed E-state index contributed by atoms with van der Waals surface area (Å²) in [5.74, 6) is -0.413. The Kier molecular flexibility index (Phi) is 6.73. The highest BCUT2D eigenvalue weighted by atomic mass is 16.6. The van der Waals surface area contributed by atoms with E-state index in [1.54, 1.807) is 41.5 Å². The first-order chi connectivity index (χ1) is 13.5. The van der Waals surface area contributed by atoms with Crippen LogP contribution < -0.4 is 5.32 Å². The summed E-state index contributed by atoms with van der Waals surface area (Å²) in [6.45, 7) is 11.0. The normalized spacial score (nSPS) is 12.2. The number of alkyl carbamates (subject to hydrolysis) is 1. The van der Waals surface area contributed by atoms with Crippen LogP contribution >= 0.6 is 0 Å². The third-order valence-electron chi connectivity index (χ3n) is 4.83. The number of nitrogens with one attached hydrogen (secondary N) is 1. The van der Waals surface area contributed by atoms with Crippen molar-refractivity contribution in [3.63, 3.8) is 0 Å². The van der Waals surface area contributed by atoms with E-state index < -0.39 is 28.6 Å². The first-order valence-corrected chi connectivity index (χ1v) is 9.84. The molecule has 156 valence electrons. The Morgan fingerprint density at radius 3 is 1.66 bits per heavy atom. The van der Waals surface area contributed by atoms with E-state index in [0.717, 1.165) is 11.1 Å². The second-order valence-corrected chi connectivity index (χ2v) is 8.45. The van der Waals surface area contributed by atoms with Gasteiger partial charge in [-0.3, -0.25) is 4.79 Å². The lowest BCUT2D eigenvalue weighted by Crippen LogP contribution is -2.60. The van der Waals surface area contributed by atoms with Crippen molar-refractivity contribution < 1.29 is 19.1 Å². The van der Waals surface area contributed by atoms with Gasteiger partial charge in [-0.25, -0.2) is 4.79 Å². The number of hydrogen-bond donors (Lipinski definition) is 1. The van der Waals surface area contributed by atoms with Crippen molar-refractivity contribution in [3.05, 3.63) is 71.8 Å². The SMILES string of the molecule is CCOC(=O)C(C)(C)C(NC(=O)OC(C)(C)C)(c1ccccc1)c1ccccc1. The number of rotatable bonds is 6. The molecule has 5 heteroatoms. The number of amides is 1. The fourth-order valence-corrected chi connectivity index (χ4v) is 3.49. The minimum Gasteiger partial charge on any atom is -0.465 e. The van der Waals surface area contributed by atoms with Gasteiger partial charge < -0.3 is 14.8 Å². The van der Waals surface area contributed by atoms with Crippen molar-refractivity contribution in [1.29, 1.82) is 0 Å². The van der Waals surface area contributed by atoms with Crippen molar-refractivity contribution in [1.82, 2.24) is 5.32 Å². The van der Waals surface area contributed by atoms with E-state index in [9.17, 15) is 9.59 Å². The van der Waals surface area contributed by atoms with Gasteiger partial charge in [0.15, 0.2) is 0 Å². The molecule has 0 fully saturated rings. The molecule has 0 saturated heterocycles. The van der Waals surface area contributed by atoms with Gasteiger partial charge in [0, 0.05) is 0 Å². The van der Waals surface area contributed by atoms with Gasteiger partial charge in [0.1, 0.15) is 11.1 Å². The summed E-state index contributed by atoms with van der Waals surface area (Å²) in [6.07, 6.45) is -0.609. The van der Waals surface area contributed by atoms with Crippen LogP contribution in [0.1, 0.15) is 52.7 Å². The number of ether oxygens (including phenoxy) is 2. The molecule has 0 unspecified atom stereocenters. The molecule has 0 aliphatic carbocycles. The molecule has 2 aromatic carbocycles. The molecule has 29 heavy (non-hydrogen) atoms. The third kappa shape index (κ3) is 4.78. The second kappa shape index (κ2) is 8.68. The molecule has 1 N–H and O–H groups in total. The zero-order valence-electron chi connectivity index (χ0n) is 18.1. The van der Waals surface area contributed by atoms with Gasteiger partial charge >= 0.3 is 12.1 Å². The number of carbonyl (C=O) groups excluding carboxylic acids is 2. The molecule has 0 radical (unpaired) electrons. The van der Waals surface area contributed by atoms with Gasteiger partial charge in [-0.2, -0.15) is 0 Å². The van der Waals surface area contributed by atoms with Crippen LogP contribution in [-0.2, 0) is 19.8 Å². The van der Waals surface area contributed by atoms with Gasteiger partial charge in [0.25, 0.3) is 0 Å². The fourth-order valence-electron chi connectivity index (χ4n) is 3.49. The van der Waals surface area contributed by atoms with Crippen molar-refractivity contribution >= 4 is 12.1 Å².